The third-order valence-corrected chi connectivity index (χ3v) is 5.43. The Bertz CT molecular complexity index is 1310. The smallest absolute Gasteiger partial charge is 0.243 e. The van der Waals surface area contributed by atoms with E-state index >= 15 is 0 Å². The molecule has 4 aromatic rings. The number of aromatic nitrogens is 1. The maximum atomic E-state index is 12.5. The van der Waals surface area contributed by atoms with Crippen molar-refractivity contribution in [2.45, 2.75) is 20.1 Å². The molecule has 0 radical (unpaired) electrons. The quantitative estimate of drug-likeness (QED) is 0.454. The summed E-state index contributed by atoms with van der Waals surface area (Å²) >= 11 is 0. The first-order chi connectivity index (χ1) is 15.1. The standard InChI is InChI=1S/C26H21N3O2/c1-17-10-6-7-13-20(17)25-28-29(18(2)30)26(31-25)22-16-24(19-11-4-3-5-12-19)27-23-15-9-8-14-21(22)23/h3-16,26H,1-2H3/t26-/m0/s1. The summed E-state index contributed by atoms with van der Waals surface area (Å²) in [5.74, 6) is 0.260. The summed E-state index contributed by atoms with van der Waals surface area (Å²) in [6.07, 6.45) is -0.664. The fourth-order valence-electron chi connectivity index (χ4n) is 3.85. The van der Waals surface area contributed by atoms with E-state index in [-0.39, 0.29) is 5.91 Å². The first-order valence-corrected chi connectivity index (χ1v) is 10.2. The number of hydrazone groups is 1. The van der Waals surface area contributed by atoms with Gasteiger partial charge in [-0.2, -0.15) is 5.01 Å². The van der Waals surface area contributed by atoms with Gasteiger partial charge in [-0.3, -0.25) is 4.79 Å². The zero-order valence-electron chi connectivity index (χ0n) is 17.3. The molecule has 1 aliphatic rings. The van der Waals surface area contributed by atoms with Gasteiger partial charge >= 0.3 is 0 Å². The predicted octanol–water partition coefficient (Wildman–Crippen LogP) is 5.45. The van der Waals surface area contributed by atoms with Crippen molar-refractivity contribution in [1.82, 2.24) is 9.99 Å². The minimum Gasteiger partial charge on any atom is -0.446 e. The Balaban J connectivity index is 1.66. The number of hydrogen-bond acceptors (Lipinski definition) is 4. The lowest BCUT2D eigenvalue weighted by molar-refractivity contribution is -0.135. The van der Waals surface area contributed by atoms with E-state index in [1.165, 1.54) is 11.9 Å². The van der Waals surface area contributed by atoms with E-state index in [1.54, 1.807) is 0 Å². The largest absolute Gasteiger partial charge is 0.446 e. The molecule has 31 heavy (non-hydrogen) atoms. The Labute approximate surface area is 180 Å². The molecule has 1 amide bonds. The maximum absolute atomic E-state index is 12.5. The SMILES string of the molecule is CC(=O)N1N=C(c2ccccc2C)O[C@H]1c1cc(-c2ccccc2)nc2ccccc12. The molecule has 0 spiro atoms. The number of rotatable bonds is 3. The van der Waals surface area contributed by atoms with E-state index in [0.29, 0.717) is 5.90 Å². The summed E-state index contributed by atoms with van der Waals surface area (Å²) in [4.78, 5) is 17.3. The van der Waals surface area contributed by atoms with Crippen molar-refractivity contribution in [3.63, 3.8) is 0 Å². The number of carbonyl (C=O) groups excluding carboxylic acids is 1. The van der Waals surface area contributed by atoms with Gasteiger partial charge in [0.05, 0.1) is 11.2 Å². The fraction of sp³-hybridized carbons (Fsp3) is 0.115. The Morgan fingerprint density at radius 2 is 1.65 bits per heavy atom. The van der Waals surface area contributed by atoms with Crippen LogP contribution in [0.3, 0.4) is 0 Å². The van der Waals surface area contributed by atoms with Gasteiger partial charge < -0.3 is 4.74 Å². The van der Waals surface area contributed by atoms with E-state index in [0.717, 1.165) is 38.9 Å². The van der Waals surface area contributed by atoms with Crippen molar-refractivity contribution in [2.75, 3.05) is 0 Å². The van der Waals surface area contributed by atoms with E-state index in [2.05, 4.69) is 5.10 Å². The summed E-state index contributed by atoms with van der Waals surface area (Å²) in [5, 5.41) is 6.89. The van der Waals surface area contributed by atoms with Gasteiger partial charge in [-0.1, -0.05) is 66.7 Å². The van der Waals surface area contributed by atoms with Crippen molar-refractivity contribution in [2.24, 2.45) is 5.10 Å². The highest BCUT2D eigenvalue weighted by atomic mass is 16.5. The van der Waals surface area contributed by atoms with Gasteiger partial charge in [0, 0.05) is 29.0 Å². The highest BCUT2D eigenvalue weighted by Gasteiger charge is 2.35. The minimum absolute atomic E-state index is 0.185. The number of hydrogen-bond donors (Lipinski definition) is 0. The topological polar surface area (TPSA) is 54.8 Å². The number of benzene rings is 3. The van der Waals surface area contributed by atoms with Crippen molar-refractivity contribution in [3.05, 3.63) is 102 Å². The Morgan fingerprint density at radius 1 is 0.935 bits per heavy atom. The molecule has 1 aliphatic heterocycles. The van der Waals surface area contributed by atoms with Crippen molar-refractivity contribution in [1.29, 1.82) is 0 Å². The number of amides is 1. The Hall–Kier alpha value is -3.99. The van der Waals surface area contributed by atoms with E-state index < -0.39 is 6.23 Å². The van der Waals surface area contributed by atoms with Crippen LogP contribution in [0.2, 0.25) is 0 Å². The minimum atomic E-state index is -0.664. The van der Waals surface area contributed by atoms with Gasteiger partial charge in [0.1, 0.15) is 0 Å². The second-order valence-electron chi connectivity index (χ2n) is 7.53. The van der Waals surface area contributed by atoms with Crippen LogP contribution in [0.1, 0.15) is 29.8 Å². The first-order valence-electron chi connectivity index (χ1n) is 10.2. The Kier molecular flexibility index (Phi) is 4.71. The highest BCUT2D eigenvalue weighted by molar-refractivity contribution is 5.98. The first kappa shape index (κ1) is 19.0. The molecule has 0 bridgehead atoms. The van der Waals surface area contributed by atoms with Gasteiger partial charge in [-0.15, -0.1) is 5.10 Å². The molecule has 3 aromatic carbocycles. The summed E-state index contributed by atoms with van der Waals surface area (Å²) < 4.78 is 6.31. The predicted molar refractivity (Wildman–Crippen MR) is 121 cm³/mol. The lowest BCUT2D eigenvalue weighted by Gasteiger charge is -2.21. The van der Waals surface area contributed by atoms with Crippen LogP contribution in [-0.2, 0) is 9.53 Å². The third kappa shape index (κ3) is 3.44. The molecule has 0 aliphatic carbocycles. The van der Waals surface area contributed by atoms with Gasteiger partial charge in [0.15, 0.2) is 0 Å². The van der Waals surface area contributed by atoms with Gasteiger partial charge in [0.2, 0.25) is 18.0 Å². The second-order valence-corrected chi connectivity index (χ2v) is 7.53. The van der Waals surface area contributed by atoms with Crippen LogP contribution >= 0.6 is 0 Å². The summed E-state index contributed by atoms with van der Waals surface area (Å²) in [6.45, 7) is 3.50. The highest BCUT2D eigenvalue weighted by Crippen LogP contribution is 2.36. The monoisotopic (exact) mass is 407 g/mol. The molecule has 0 unspecified atom stereocenters. The zero-order valence-corrected chi connectivity index (χ0v) is 17.3. The average Bonchev–Trinajstić information content (AvgIpc) is 3.25. The van der Waals surface area contributed by atoms with Crippen LogP contribution in [0, 0.1) is 6.92 Å². The summed E-state index contributed by atoms with van der Waals surface area (Å²) in [5.41, 5.74) is 5.43. The normalized spacial score (nSPS) is 15.6. The third-order valence-electron chi connectivity index (χ3n) is 5.43. The van der Waals surface area contributed by atoms with Crippen molar-refractivity contribution >= 4 is 22.7 Å². The lowest BCUT2D eigenvalue weighted by atomic mass is 10.0. The number of ether oxygens (including phenoxy) is 1. The number of nitrogens with zero attached hydrogens (tertiary/aromatic N) is 3. The molecule has 0 saturated carbocycles. The van der Waals surface area contributed by atoms with Crippen LogP contribution < -0.4 is 0 Å². The number of pyridine rings is 1. The number of carbonyl (C=O) groups is 1. The van der Waals surface area contributed by atoms with E-state index in [9.17, 15) is 4.79 Å². The molecule has 152 valence electrons. The molecule has 5 heteroatoms. The van der Waals surface area contributed by atoms with Crippen LogP contribution in [-0.4, -0.2) is 21.8 Å². The maximum Gasteiger partial charge on any atom is 0.243 e. The molecular formula is C26H21N3O2. The van der Waals surface area contributed by atoms with Crippen LogP contribution in [0.5, 0.6) is 0 Å². The molecule has 5 nitrogen and oxygen atoms in total. The van der Waals surface area contributed by atoms with Gasteiger partial charge in [-0.05, 0) is 30.7 Å². The fourth-order valence-corrected chi connectivity index (χ4v) is 3.85. The summed E-state index contributed by atoms with van der Waals surface area (Å²) in [6, 6.07) is 27.7. The summed E-state index contributed by atoms with van der Waals surface area (Å²) in [7, 11) is 0. The van der Waals surface area contributed by atoms with Crippen LogP contribution in [0.4, 0.5) is 0 Å². The number of para-hydroxylation sites is 1. The van der Waals surface area contributed by atoms with E-state index in [1.807, 2.05) is 91.9 Å². The molecule has 1 aromatic heterocycles. The molecule has 0 saturated heterocycles. The van der Waals surface area contributed by atoms with Gasteiger partial charge in [0.25, 0.3) is 0 Å². The molecule has 2 heterocycles. The second kappa shape index (κ2) is 7.69. The molecule has 0 N–H and O–H groups in total. The van der Waals surface area contributed by atoms with Crippen LogP contribution in [0.15, 0.2) is 90.0 Å². The molecule has 1 atom stereocenters. The van der Waals surface area contributed by atoms with Crippen LogP contribution in [0.25, 0.3) is 22.2 Å². The molecule has 0 fully saturated rings. The number of fused-ring (bicyclic) bond motifs is 1. The number of aryl methyl sites for hydroxylation is 1. The van der Waals surface area contributed by atoms with E-state index in [4.69, 9.17) is 9.72 Å². The molecule has 5 rings (SSSR count). The van der Waals surface area contributed by atoms with Crippen molar-refractivity contribution < 1.29 is 9.53 Å². The molecular weight excluding hydrogens is 386 g/mol. The average molecular weight is 407 g/mol. The van der Waals surface area contributed by atoms with Gasteiger partial charge in [-0.25, -0.2) is 4.98 Å². The van der Waals surface area contributed by atoms with Crippen molar-refractivity contribution in [3.8, 4) is 11.3 Å². The lowest BCUT2D eigenvalue weighted by Crippen LogP contribution is -2.25. The zero-order chi connectivity index (χ0) is 21.4. The Morgan fingerprint density at radius 3 is 2.42 bits per heavy atom.